The van der Waals surface area contributed by atoms with E-state index in [9.17, 15) is 4.79 Å². The van der Waals surface area contributed by atoms with Gasteiger partial charge >= 0.3 is 0 Å². The highest BCUT2D eigenvalue weighted by atomic mass is 16.1. The van der Waals surface area contributed by atoms with E-state index in [1.807, 2.05) is 39.0 Å². The predicted molar refractivity (Wildman–Crippen MR) is 131 cm³/mol. The molecule has 0 unspecified atom stereocenters. The van der Waals surface area contributed by atoms with Gasteiger partial charge in [-0.3, -0.25) is 14.6 Å². The highest BCUT2D eigenvalue weighted by molar-refractivity contribution is 5.88. The zero-order valence-electron chi connectivity index (χ0n) is 19.7. The molecule has 1 saturated carbocycles. The number of nitrogens with zero attached hydrogens (tertiary/aromatic N) is 4. The lowest BCUT2D eigenvalue weighted by molar-refractivity contribution is 0.0903. The quantitative estimate of drug-likeness (QED) is 0.336. The van der Waals surface area contributed by atoms with Crippen LogP contribution in [0, 0.1) is 6.92 Å². The maximum Gasteiger partial charge on any atom is 0.127 e. The zero-order chi connectivity index (χ0) is 22.8. The minimum Gasteiger partial charge on any atom is -0.296 e. The van der Waals surface area contributed by atoms with Crippen LogP contribution in [0.2, 0.25) is 0 Å². The van der Waals surface area contributed by atoms with Gasteiger partial charge in [0.2, 0.25) is 0 Å². The van der Waals surface area contributed by atoms with Crippen LogP contribution < -0.4 is 0 Å². The molecule has 0 spiro atoms. The largest absolute Gasteiger partial charge is 0.296 e. The van der Waals surface area contributed by atoms with Gasteiger partial charge in [-0.05, 0) is 76.3 Å². The SMILES string of the molecule is C/C=C(/C(=C/C(C)=C=O)N=C(C)C)c1cc(-c2cnn(C3CN(C4CC4)C3)c2)ccc1C. The van der Waals surface area contributed by atoms with Crippen LogP contribution in [0.15, 0.2) is 59.0 Å². The first-order chi connectivity index (χ1) is 15.4. The predicted octanol–water partition coefficient (Wildman–Crippen LogP) is 5.42. The van der Waals surface area contributed by atoms with Crippen LogP contribution in [-0.4, -0.2) is 45.5 Å². The van der Waals surface area contributed by atoms with Gasteiger partial charge in [0, 0.05) is 47.7 Å². The third kappa shape index (κ3) is 4.74. The molecule has 5 heteroatoms. The van der Waals surface area contributed by atoms with Gasteiger partial charge in [0.1, 0.15) is 5.94 Å². The lowest BCUT2D eigenvalue weighted by atomic mass is 9.93. The van der Waals surface area contributed by atoms with E-state index in [1.54, 1.807) is 6.92 Å². The average Bonchev–Trinajstić information content (AvgIpc) is 3.44. The molecule has 2 fully saturated rings. The van der Waals surface area contributed by atoms with E-state index >= 15 is 0 Å². The highest BCUT2D eigenvalue weighted by Crippen LogP contribution is 2.36. The van der Waals surface area contributed by atoms with Gasteiger partial charge in [-0.2, -0.15) is 5.10 Å². The molecule has 1 aliphatic carbocycles. The molecule has 2 aromatic rings. The Balaban J connectivity index is 1.64. The summed E-state index contributed by atoms with van der Waals surface area (Å²) in [4.78, 5) is 18.4. The molecule has 0 N–H and O–H groups in total. The number of hydrogen-bond donors (Lipinski definition) is 0. The molecule has 1 aromatic heterocycles. The van der Waals surface area contributed by atoms with E-state index in [0.29, 0.717) is 11.6 Å². The standard InChI is InChI=1S/C27H32N4O/c1-6-25(27(29-18(2)3)11-19(4)17-32)26-12-21(8-7-20(26)5)22-13-28-31(14-22)24-15-30(16-24)23-9-10-23/h6-8,11-14,23-24H,9-10,15-16H2,1-5H3/b25-6+,27-11-. The topological polar surface area (TPSA) is 50.5 Å². The van der Waals surface area contributed by atoms with Crippen molar-refractivity contribution >= 4 is 17.2 Å². The van der Waals surface area contributed by atoms with Crippen molar-refractivity contribution < 1.29 is 4.79 Å². The van der Waals surface area contributed by atoms with Crippen molar-refractivity contribution in [1.29, 1.82) is 0 Å². The third-order valence-corrected chi connectivity index (χ3v) is 6.21. The Kier molecular flexibility index (Phi) is 6.40. The van der Waals surface area contributed by atoms with Crippen LogP contribution in [0.25, 0.3) is 16.7 Å². The zero-order valence-corrected chi connectivity index (χ0v) is 19.7. The Morgan fingerprint density at radius 2 is 1.91 bits per heavy atom. The van der Waals surface area contributed by atoms with Crippen molar-refractivity contribution in [3.05, 3.63) is 65.1 Å². The number of aliphatic imine (C=N–C) groups is 1. The van der Waals surface area contributed by atoms with E-state index in [1.165, 1.54) is 12.8 Å². The van der Waals surface area contributed by atoms with Crippen molar-refractivity contribution in [1.82, 2.24) is 14.7 Å². The smallest absolute Gasteiger partial charge is 0.127 e. The summed E-state index contributed by atoms with van der Waals surface area (Å²) in [7, 11) is 0. The van der Waals surface area contributed by atoms with Crippen molar-refractivity contribution in [2.75, 3.05) is 13.1 Å². The third-order valence-electron chi connectivity index (χ3n) is 6.21. The Bertz CT molecular complexity index is 1150. The molecule has 2 heterocycles. The number of carbonyl (C=O) groups excluding carboxylic acids is 1. The number of hydrogen-bond acceptors (Lipinski definition) is 4. The summed E-state index contributed by atoms with van der Waals surface area (Å²) in [6.07, 6.45) is 10.7. The minimum atomic E-state index is 0.481. The second kappa shape index (κ2) is 9.23. The summed E-state index contributed by atoms with van der Waals surface area (Å²) >= 11 is 0. The van der Waals surface area contributed by atoms with Crippen LogP contribution in [0.4, 0.5) is 0 Å². The van der Waals surface area contributed by atoms with E-state index in [-0.39, 0.29) is 0 Å². The Hall–Kier alpha value is -3.01. The highest BCUT2D eigenvalue weighted by Gasteiger charge is 2.38. The molecule has 0 atom stereocenters. The molecular formula is C27H32N4O. The number of likely N-dealkylation sites (tertiary alicyclic amines) is 1. The second-order valence-electron chi connectivity index (χ2n) is 9.15. The first-order valence-electron chi connectivity index (χ1n) is 11.4. The van der Waals surface area contributed by atoms with Gasteiger partial charge in [-0.1, -0.05) is 18.2 Å². The fraction of sp³-hybridized carbons (Fsp3) is 0.407. The summed E-state index contributed by atoms with van der Waals surface area (Å²) < 4.78 is 2.12. The Morgan fingerprint density at radius 1 is 1.16 bits per heavy atom. The number of allylic oxidation sites excluding steroid dienone is 4. The number of aromatic nitrogens is 2. The second-order valence-corrected chi connectivity index (χ2v) is 9.15. The molecule has 0 radical (unpaired) electrons. The van der Waals surface area contributed by atoms with Crippen LogP contribution in [0.3, 0.4) is 0 Å². The molecule has 0 bridgehead atoms. The molecule has 1 aromatic carbocycles. The van der Waals surface area contributed by atoms with Crippen LogP contribution >= 0.6 is 0 Å². The van der Waals surface area contributed by atoms with Crippen molar-refractivity contribution in [2.24, 2.45) is 4.99 Å². The fourth-order valence-corrected chi connectivity index (χ4v) is 4.26. The first-order valence-corrected chi connectivity index (χ1v) is 11.4. The van der Waals surface area contributed by atoms with Crippen LogP contribution in [-0.2, 0) is 4.79 Å². The van der Waals surface area contributed by atoms with Gasteiger partial charge in [0.25, 0.3) is 0 Å². The minimum absolute atomic E-state index is 0.481. The van der Waals surface area contributed by atoms with Crippen molar-refractivity contribution in [2.45, 2.75) is 59.5 Å². The van der Waals surface area contributed by atoms with Crippen LogP contribution in [0.1, 0.15) is 57.7 Å². The number of benzene rings is 1. The van der Waals surface area contributed by atoms with E-state index in [4.69, 9.17) is 4.99 Å². The van der Waals surface area contributed by atoms with Gasteiger partial charge in [-0.25, -0.2) is 4.79 Å². The number of rotatable bonds is 7. The first kappa shape index (κ1) is 22.2. The molecule has 1 saturated heterocycles. The maximum absolute atomic E-state index is 11.1. The molecule has 32 heavy (non-hydrogen) atoms. The summed E-state index contributed by atoms with van der Waals surface area (Å²) in [6.45, 7) is 12.0. The summed E-state index contributed by atoms with van der Waals surface area (Å²) in [5.41, 5.74) is 7.77. The maximum atomic E-state index is 11.1. The molecule has 5 nitrogen and oxygen atoms in total. The average molecular weight is 429 g/mol. The van der Waals surface area contributed by atoms with Crippen molar-refractivity contribution in [3.8, 4) is 11.1 Å². The monoisotopic (exact) mass is 428 g/mol. The van der Waals surface area contributed by atoms with E-state index in [2.05, 4.69) is 52.1 Å². The fourth-order valence-electron chi connectivity index (χ4n) is 4.26. The molecule has 4 rings (SSSR count). The summed E-state index contributed by atoms with van der Waals surface area (Å²) in [5.74, 6) is 1.97. The van der Waals surface area contributed by atoms with Gasteiger partial charge < -0.3 is 0 Å². The molecule has 166 valence electrons. The van der Waals surface area contributed by atoms with Crippen molar-refractivity contribution in [3.63, 3.8) is 0 Å². The lowest BCUT2D eigenvalue weighted by Gasteiger charge is -2.39. The summed E-state index contributed by atoms with van der Waals surface area (Å²) in [5, 5.41) is 4.67. The number of aryl methyl sites for hydroxylation is 1. The van der Waals surface area contributed by atoms with E-state index in [0.717, 1.165) is 58.4 Å². The molecule has 1 aliphatic heterocycles. The van der Waals surface area contributed by atoms with Gasteiger partial charge in [0.15, 0.2) is 0 Å². The Morgan fingerprint density at radius 3 is 2.53 bits per heavy atom. The Labute approximate surface area is 190 Å². The van der Waals surface area contributed by atoms with E-state index < -0.39 is 0 Å². The van der Waals surface area contributed by atoms with Gasteiger partial charge in [-0.15, -0.1) is 0 Å². The molecular weight excluding hydrogens is 396 g/mol. The summed E-state index contributed by atoms with van der Waals surface area (Å²) in [6, 6.07) is 7.81. The van der Waals surface area contributed by atoms with Crippen LogP contribution in [0.5, 0.6) is 0 Å². The van der Waals surface area contributed by atoms with Gasteiger partial charge in [0.05, 0.1) is 17.9 Å². The molecule has 2 aliphatic rings. The molecule has 0 amide bonds. The normalized spacial score (nSPS) is 17.7. The lowest BCUT2D eigenvalue weighted by Crippen LogP contribution is -2.48.